The largest absolute Gasteiger partial charge is 0.490 e. The summed E-state index contributed by atoms with van der Waals surface area (Å²) >= 11 is 0. The molecule has 0 saturated carbocycles. The molecule has 45 heavy (non-hydrogen) atoms. The average Bonchev–Trinajstić information content (AvgIpc) is 3.48. The number of fused-ring (bicyclic) bond motifs is 1. The molecule has 1 atom stereocenters. The van der Waals surface area contributed by atoms with Gasteiger partial charge in [0.2, 0.25) is 0 Å². The number of halogens is 3. The molecular formula is C32H32F3N5O5. The fraction of sp³-hybridized carbons (Fsp3) is 0.344. The molecule has 10 nitrogen and oxygen atoms in total. The van der Waals surface area contributed by atoms with Crippen LogP contribution in [0.1, 0.15) is 23.1 Å². The highest BCUT2D eigenvalue weighted by atomic mass is 19.4. The minimum atomic E-state index is -4.35. The van der Waals surface area contributed by atoms with Gasteiger partial charge in [-0.1, -0.05) is 24.3 Å². The number of nitrogens with zero attached hydrogens (tertiary/aromatic N) is 5. The number of imidazole rings is 1. The highest BCUT2D eigenvalue weighted by molar-refractivity contribution is 5.49. The van der Waals surface area contributed by atoms with Gasteiger partial charge in [-0.3, -0.25) is 9.47 Å². The summed E-state index contributed by atoms with van der Waals surface area (Å²) < 4.78 is 57.4. The number of ether oxygens (including phenoxy) is 3. The first-order valence-corrected chi connectivity index (χ1v) is 14.7. The Bertz CT molecular complexity index is 1590. The van der Waals surface area contributed by atoms with Gasteiger partial charge in [0.15, 0.2) is 0 Å². The van der Waals surface area contributed by atoms with E-state index >= 15 is 0 Å². The smallest absolute Gasteiger partial charge is 0.416 e. The predicted octanol–water partition coefficient (Wildman–Crippen LogP) is 5.94. The van der Waals surface area contributed by atoms with Gasteiger partial charge in [0.25, 0.3) is 0 Å². The third-order valence-corrected chi connectivity index (χ3v) is 7.90. The highest BCUT2D eigenvalue weighted by Crippen LogP contribution is 2.30. The van der Waals surface area contributed by atoms with Gasteiger partial charge in [-0.2, -0.15) is 13.2 Å². The molecule has 0 unspecified atom stereocenters. The van der Waals surface area contributed by atoms with Crippen molar-refractivity contribution in [3.63, 3.8) is 0 Å². The lowest BCUT2D eigenvalue weighted by Crippen LogP contribution is -2.45. The number of rotatable bonds is 10. The number of hydrogen-bond acceptors (Lipinski definition) is 8. The van der Waals surface area contributed by atoms with E-state index in [1.54, 1.807) is 4.57 Å². The monoisotopic (exact) mass is 623 g/mol. The number of alkyl halides is 3. The van der Waals surface area contributed by atoms with Gasteiger partial charge in [-0.15, -0.1) is 0 Å². The van der Waals surface area contributed by atoms with Crippen molar-refractivity contribution in [2.24, 2.45) is 0 Å². The number of benzene rings is 3. The van der Waals surface area contributed by atoms with Gasteiger partial charge in [-0.25, -0.2) is 0 Å². The zero-order valence-corrected chi connectivity index (χ0v) is 24.4. The van der Waals surface area contributed by atoms with Crippen LogP contribution in [0.25, 0.3) is 0 Å². The molecule has 1 aromatic heterocycles. The quantitative estimate of drug-likeness (QED) is 0.158. The van der Waals surface area contributed by atoms with Crippen LogP contribution in [0.2, 0.25) is 0 Å². The molecule has 4 aromatic rings. The summed E-state index contributed by atoms with van der Waals surface area (Å²) in [6.45, 7) is 5.54. The van der Waals surface area contributed by atoms with Crippen LogP contribution in [0.3, 0.4) is 0 Å². The SMILES string of the molecule is O=[N+]([O-])c1cn2c(n1)O[C@@H](COc1ccc(N3CCN(Cc4ccc(OCc5ccc(C(F)(F)F)cc5)cc4)CC3)cc1)CC2. The molecule has 1 fully saturated rings. The van der Waals surface area contributed by atoms with E-state index in [0.717, 1.165) is 61.9 Å². The molecule has 0 aliphatic carbocycles. The van der Waals surface area contributed by atoms with Crippen LogP contribution >= 0.6 is 0 Å². The van der Waals surface area contributed by atoms with Crippen LogP contribution in [0.5, 0.6) is 17.5 Å². The predicted molar refractivity (Wildman–Crippen MR) is 160 cm³/mol. The topological polar surface area (TPSA) is 95.1 Å². The number of piperazine rings is 1. The maximum atomic E-state index is 12.7. The summed E-state index contributed by atoms with van der Waals surface area (Å²) in [6, 6.07) is 21.0. The van der Waals surface area contributed by atoms with Crippen molar-refractivity contribution in [2.45, 2.75) is 38.4 Å². The first-order chi connectivity index (χ1) is 21.7. The van der Waals surface area contributed by atoms with E-state index in [-0.39, 0.29) is 24.5 Å². The third kappa shape index (κ3) is 7.66. The Morgan fingerprint density at radius 3 is 2.18 bits per heavy atom. The van der Waals surface area contributed by atoms with E-state index in [1.165, 1.54) is 18.3 Å². The Morgan fingerprint density at radius 1 is 0.867 bits per heavy atom. The van der Waals surface area contributed by atoms with Crippen LogP contribution in [0.15, 0.2) is 79.0 Å². The molecule has 0 spiro atoms. The van der Waals surface area contributed by atoms with Gasteiger partial charge in [0.1, 0.15) is 37.0 Å². The van der Waals surface area contributed by atoms with Crippen molar-refractivity contribution in [1.82, 2.24) is 14.5 Å². The number of nitro groups is 1. The fourth-order valence-corrected chi connectivity index (χ4v) is 5.35. The Morgan fingerprint density at radius 2 is 1.51 bits per heavy atom. The number of anilines is 1. The van der Waals surface area contributed by atoms with Crippen LogP contribution in [-0.4, -0.2) is 58.3 Å². The van der Waals surface area contributed by atoms with Crippen LogP contribution in [0, 0.1) is 10.1 Å². The fourth-order valence-electron chi connectivity index (χ4n) is 5.35. The average molecular weight is 624 g/mol. The Hall–Kier alpha value is -4.78. The second-order valence-corrected chi connectivity index (χ2v) is 11.1. The van der Waals surface area contributed by atoms with Crippen molar-refractivity contribution < 1.29 is 32.3 Å². The van der Waals surface area contributed by atoms with Gasteiger partial charge in [0.05, 0.1) is 5.56 Å². The van der Waals surface area contributed by atoms with E-state index in [4.69, 9.17) is 14.2 Å². The first-order valence-electron chi connectivity index (χ1n) is 14.7. The minimum absolute atomic E-state index is 0.197. The Kier molecular flexibility index (Phi) is 8.78. The zero-order valence-electron chi connectivity index (χ0n) is 24.4. The second-order valence-electron chi connectivity index (χ2n) is 11.1. The molecular weight excluding hydrogens is 591 g/mol. The normalized spacial score (nSPS) is 17.0. The highest BCUT2D eigenvalue weighted by Gasteiger charge is 2.30. The number of hydrogen-bond donors (Lipinski definition) is 0. The maximum absolute atomic E-state index is 12.7. The molecule has 0 bridgehead atoms. The molecule has 13 heteroatoms. The molecule has 236 valence electrons. The maximum Gasteiger partial charge on any atom is 0.416 e. The molecule has 2 aliphatic rings. The number of aromatic nitrogens is 2. The minimum Gasteiger partial charge on any atom is -0.490 e. The van der Waals surface area contributed by atoms with E-state index in [9.17, 15) is 23.3 Å². The summed E-state index contributed by atoms with van der Waals surface area (Å²) in [5.41, 5.74) is 2.29. The van der Waals surface area contributed by atoms with E-state index in [0.29, 0.717) is 30.9 Å². The third-order valence-electron chi connectivity index (χ3n) is 7.90. The second kappa shape index (κ2) is 13.1. The molecule has 0 amide bonds. The van der Waals surface area contributed by atoms with Gasteiger partial charge >= 0.3 is 18.0 Å². The lowest BCUT2D eigenvalue weighted by molar-refractivity contribution is -0.389. The van der Waals surface area contributed by atoms with Crippen LogP contribution < -0.4 is 19.1 Å². The first kappa shape index (κ1) is 30.3. The molecule has 2 aliphatic heterocycles. The van der Waals surface area contributed by atoms with Crippen molar-refractivity contribution >= 4 is 11.5 Å². The summed E-state index contributed by atoms with van der Waals surface area (Å²) in [5.74, 6) is 1.18. The summed E-state index contributed by atoms with van der Waals surface area (Å²) in [4.78, 5) is 19.1. The lowest BCUT2D eigenvalue weighted by atomic mass is 10.1. The van der Waals surface area contributed by atoms with Crippen molar-refractivity contribution in [1.29, 1.82) is 0 Å². The molecule has 0 N–H and O–H groups in total. The standard InChI is InChI=1S/C32H32F3N5O5/c33-32(34,35)25-5-1-24(2-6-25)21-43-27-9-3-23(4-10-27)19-37-15-17-38(18-16-37)26-7-11-28(12-8-26)44-22-29-13-14-39-20-30(40(41)42)36-31(39)45-29/h1-12,20,29H,13-19,21-22H2/t29-/m1/s1. The Balaban J connectivity index is 0.914. The molecule has 3 aromatic carbocycles. The molecule has 1 saturated heterocycles. The summed E-state index contributed by atoms with van der Waals surface area (Å²) in [7, 11) is 0. The molecule has 3 heterocycles. The van der Waals surface area contributed by atoms with Gasteiger partial charge < -0.3 is 29.2 Å². The molecule has 0 radical (unpaired) electrons. The van der Waals surface area contributed by atoms with Gasteiger partial charge in [0, 0.05) is 56.4 Å². The van der Waals surface area contributed by atoms with Crippen LogP contribution in [0.4, 0.5) is 24.7 Å². The van der Waals surface area contributed by atoms with E-state index in [2.05, 4.69) is 14.8 Å². The van der Waals surface area contributed by atoms with E-state index < -0.39 is 16.7 Å². The van der Waals surface area contributed by atoms with Crippen molar-refractivity contribution in [3.8, 4) is 17.5 Å². The zero-order chi connectivity index (χ0) is 31.4. The van der Waals surface area contributed by atoms with Crippen LogP contribution in [-0.2, 0) is 25.9 Å². The number of aryl methyl sites for hydroxylation is 1. The lowest BCUT2D eigenvalue weighted by Gasteiger charge is -2.36. The van der Waals surface area contributed by atoms with E-state index in [1.807, 2.05) is 48.5 Å². The van der Waals surface area contributed by atoms with Crippen molar-refractivity contribution in [3.05, 3.63) is 106 Å². The summed E-state index contributed by atoms with van der Waals surface area (Å²) in [6.07, 6.45) is -2.52. The molecule has 6 rings (SSSR count). The summed E-state index contributed by atoms with van der Waals surface area (Å²) in [5, 5.41) is 11.0. The van der Waals surface area contributed by atoms with Crippen molar-refractivity contribution in [2.75, 3.05) is 37.7 Å². The van der Waals surface area contributed by atoms with Gasteiger partial charge in [-0.05, 0) is 64.6 Å². The Labute approximate surface area is 257 Å².